The Bertz CT molecular complexity index is 452. The van der Waals surface area contributed by atoms with Gasteiger partial charge in [0, 0.05) is 19.0 Å². The molecule has 1 aliphatic rings. The number of nitrogens with zero attached hydrogens (tertiary/aromatic N) is 1. The number of rotatable bonds is 3. The molecule has 124 valence electrons. The third-order valence-corrected chi connectivity index (χ3v) is 3.34. The summed E-state index contributed by atoms with van der Waals surface area (Å²) in [5.41, 5.74) is -0.627. The smallest absolute Gasteiger partial charge is 0.410 e. The van der Waals surface area contributed by atoms with Gasteiger partial charge in [-0.1, -0.05) is 19.6 Å². The van der Waals surface area contributed by atoms with Crippen molar-refractivity contribution in [1.82, 2.24) is 4.90 Å². The van der Waals surface area contributed by atoms with Crippen molar-refractivity contribution in [2.24, 2.45) is 11.8 Å². The summed E-state index contributed by atoms with van der Waals surface area (Å²) in [5, 5.41) is 0. The maximum Gasteiger partial charge on any atom is 0.410 e. The van der Waals surface area contributed by atoms with E-state index in [1.165, 1.54) is 11.0 Å². The third kappa shape index (κ3) is 5.16. The molecule has 1 heterocycles. The van der Waals surface area contributed by atoms with Gasteiger partial charge in [0.15, 0.2) is 5.78 Å². The molecule has 0 aromatic rings. The van der Waals surface area contributed by atoms with Crippen molar-refractivity contribution in [3.8, 4) is 0 Å². The SMILES string of the molecule is C=CCOC(=O)C1CN(C(=O)OC(C)(C)C)CCC(C)C1=O. The van der Waals surface area contributed by atoms with Crippen LogP contribution < -0.4 is 0 Å². The Morgan fingerprint density at radius 1 is 1.41 bits per heavy atom. The largest absolute Gasteiger partial charge is 0.461 e. The van der Waals surface area contributed by atoms with Crippen LogP contribution in [0.5, 0.6) is 0 Å². The second-order valence-electron chi connectivity index (χ2n) is 6.49. The van der Waals surface area contributed by atoms with E-state index in [1.807, 2.05) is 0 Å². The molecule has 0 radical (unpaired) electrons. The van der Waals surface area contributed by atoms with Gasteiger partial charge in [-0.05, 0) is 27.2 Å². The maximum atomic E-state index is 12.3. The fourth-order valence-corrected chi connectivity index (χ4v) is 2.16. The van der Waals surface area contributed by atoms with Crippen LogP contribution in [0.25, 0.3) is 0 Å². The van der Waals surface area contributed by atoms with Gasteiger partial charge in [0.25, 0.3) is 0 Å². The van der Waals surface area contributed by atoms with E-state index in [2.05, 4.69) is 6.58 Å². The van der Waals surface area contributed by atoms with E-state index in [1.54, 1.807) is 27.7 Å². The molecule has 22 heavy (non-hydrogen) atoms. The minimum Gasteiger partial charge on any atom is -0.461 e. The lowest BCUT2D eigenvalue weighted by atomic mass is 9.93. The van der Waals surface area contributed by atoms with E-state index < -0.39 is 23.6 Å². The molecule has 1 rings (SSSR count). The highest BCUT2D eigenvalue weighted by atomic mass is 16.6. The van der Waals surface area contributed by atoms with Crippen LogP contribution in [0.15, 0.2) is 12.7 Å². The highest BCUT2D eigenvalue weighted by Crippen LogP contribution is 2.21. The van der Waals surface area contributed by atoms with Crippen molar-refractivity contribution in [2.75, 3.05) is 19.7 Å². The number of hydrogen-bond acceptors (Lipinski definition) is 5. The first-order valence-corrected chi connectivity index (χ1v) is 7.45. The number of Topliss-reactive ketones (excluding diaryl/α,β-unsaturated/α-hetero) is 1. The summed E-state index contributed by atoms with van der Waals surface area (Å²) >= 11 is 0. The van der Waals surface area contributed by atoms with Crippen LogP contribution in [-0.4, -0.2) is 48.0 Å². The summed E-state index contributed by atoms with van der Waals surface area (Å²) in [5.74, 6) is -2.08. The van der Waals surface area contributed by atoms with Crippen molar-refractivity contribution in [1.29, 1.82) is 0 Å². The normalized spacial score (nSPS) is 22.7. The van der Waals surface area contributed by atoms with Crippen molar-refractivity contribution in [3.63, 3.8) is 0 Å². The molecular formula is C16H25NO5. The molecule has 0 aromatic heterocycles. The summed E-state index contributed by atoms with van der Waals surface area (Å²) in [4.78, 5) is 37.9. The lowest BCUT2D eigenvalue weighted by Crippen LogP contribution is -2.42. The van der Waals surface area contributed by atoms with E-state index in [0.717, 1.165) is 0 Å². The Kier molecular flexibility index (Phi) is 6.14. The first-order valence-electron chi connectivity index (χ1n) is 7.45. The Morgan fingerprint density at radius 3 is 2.59 bits per heavy atom. The van der Waals surface area contributed by atoms with Gasteiger partial charge in [-0.2, -0.15) is 0 Å². The van der Waals surface area contributed by atoms with E-state index in [0.29, 0.717) is 13.0 Å². The molecule has 6 heteroatoms. The second kappa shape index (κ2) is 7.42. The van der Waals surface area contributed by atoms with Crippen LogP contribution in [0.1, 0.15) is 34.1 Å². The van der Waals surface area contributed by atoms with Crippen molar-refractivity contribution in [2.45, 2.75) is 39.7 Å². The lowest BCUT2D eigenvalue weighted by Gasteiger charge is -2.27. The zero-order valence-electron chi connectivity index (χ0n) is 13.8. The number of ether oxygens (including phenoxy) is 2. The molecule has 1 aliphatic heterocycles. The standard InChI is InChI=1S/C16H25NO5/c1-6-9-21-14(19)12-10-17(8-7-11(2)13(12)18)15(20)22-16(3,4)5/h6,11-12H,1,7-10H2,2-5H3. The first-order chi connectivity index (χ1) is 10.2. The van der Waals surface area contributed by atoms with Gasteiger partial charge in [-0.15, -0.1) is 0 Å². The zero-order chi connectivity index (χ0) is 16.9. The number of hydrogen-bond donors (Lipinski definition) is 0. The second-order valence-corrected chi connectivity index (χ2v) is 6.49. The van der Waals surface area contributed by atoms with Crippen molar-refractivity contribution < 1.29 is 23.9 Å². The number of esters is 1. The van der Waals surface area contributed by atoms with Gasteiger partial charge in [0.2, 0.25) is 0 Å². The number of likely N-dealkylation sites (tertiary alicyclic amines) is 1. The molecule has 0 aliphatic carbocycles. The fourth-order valence-electron chi connectivity index (χ4n) is 2.16. The minimum absolute atomic E-state index is 0.00589. The highest BCUT2D eigenvalue weighted by Gasteiger charge is 2.38. The monoisotopic (exact) mass is 311 g/mol. The third-order valence-electron chi connectivity index (χ3n) is 3.34. The Morgan fingerprint density at radius 2 is 2.05 bits per heavy atom. The molecule has 0 N–H and O–H groups in total. The topological polar surface area (TPSA) is 72.9 Å². The molecule has 2 atom stereocenters. The molecule has 1 fully saturated rings. The molecule has 1 saturated heterocycles. The zero-order valence-corrected chi connectivity index (χ0v) is 13.8. The highest BCUT2D eigenvalue weighted by molar-refractivity contribution is 6.00. The van der Waals surface area contributed by atoms with E-state index in [4.69, 9.17) is 9.47 Å². The lowest BCUT2D eigenvalue weighted by molar-refractivity contribution is -0.151. The Hall–Kier alpha value is -1.85. The fraction of sp³-hybridized carbons (Fsp3) is 0.688. The van der Waals surface area contributed by atoms with Crippen LogP contribution in [0, 0.1) is 11.8 Å². The molecule has 1 amide bonds. The van der Waals surface area contributed by atoms with Gasteiger partial charge in [0.1, 0.15) is 18.1 Å². The van der Waals surface area contributed by atoms with E-state index >= 15 is 0 Å². The van der Waals surface area contributed by atoms with Crippen LogP contribution in [0.4, 0.5) is 4.79 Å². The van der Waals surface area contributed by atoms with Crippen molar-refractivity contribution in [3.05, 3.63) is 12.7 Å². The first kappa shape index (κ1) is 18.2. The summed E-state index contributed by atoms with van der Waals surface area (Å²) in [6, 6.07) is 0. The van der Waals surface area contributed by atoms with Crippen LogP contribution in [0.2, 0.25) is 0 Å². The van der Waals surface area contributed by atoms with Crippen LogP contribution in [-0.2, 0) is 19.1 Å². The van der Waals surface area contributed by atoms with Gasteiger partial charge >= 0.3 is 12.1 Å². The number of carbonyl (C=O) groups excluding carboxylic acids is 3. The number of amides is 1. The van der Waals surface area contributed by atoms with Gasteiger partial charge < -0.3 is 14.4 Å². The predicted octanol–water partition coefficient (Wildman–Crippen LogP) is 2.18. The Labute approximate surface area is 131 Å². The quantitative estimate of drug-likeness (QED) is 0.454. The molecule has 0 spiro atoms. The summed E-state index contributed by atoms with van der Waals surface area (Å²) in [6.45, 7) is 11.0. The van der Waals surface area contributed by atoms with Crippen LogP contribution >= 0.6 is 0 Å². The average molecular weight is 311 g/mol. The van der Waals surface area contributed by atoms with Gasteiger partial charge in [-0.25, -0.2) is 4.79 Å². The predicted molar refractivity (Wildman–Crippen MR) is 81.2 cm³/mol. The molecule has 6 nitrogen and oxygen atoms in total. The average Bonchev–Trinajstić information content (AvgIpc) is 2.55. The number of ketones is 1. The molecule has 0 saturated carbocycles. The maximum absolute atomic E-state index is 12.3. The number of carbonyl (C=O) groups is 3. The molecule has 2 unspecified atom stereocenters. The van der Waals surface area contributed by atoms with Gasteiger partial charge in [0.05, 0.1) is 0 Å². The van der Waals surface area contributed by atoms with E-state index in [9.17, 15) is 14.4 Å². The molecule has 0 bridgehead atoms. The summed E-state index contributed by atoms with van der Waals surface area (Å²) in [6.07, 6.45) is 1.42. The minimum atomic E-state index is -0.968. The Balaban J connectivity index is 2.86. The van der Waals surface area contributed by atoms with Crippen molar-refractivity contribution >= 4 is 17.8 Å². The van der Waals surface area contributed by atoms with E-state index in [-0.39, 0.29) is 24.9 Å². The molecular weight excluding hydrogens is 286 g/mol. The summed E-state index contributed by atoms with van der Waals surface area (Å²) < 4.78 is 10.3. The summed E-state index contributed by atoms with van der Waals surface area (Å²) in [7, 11) is 0. The van der Waals surface area contributed by atoms with Gasteiger partial charge in [-0.3, -0.25) is 9.59 Å². The van der Waals surface area contributed by atoms with Crippen LogP contribution in [0.3, 0.4) is 0 Å². The molecule has 0 aromatic carbocycles.